The number of hydrogen-bond donors (Lipinski definition) is 2. The van der Waals surface area contributed by atoms with E-state index in [0.29, 0.717) is 18.9 Å². The van der Waals surface area contributed by atoms with Crippen LogP contribution in [0.2, 0.25) is 0 Å². The molecular weight excluding hydrogens is 364 g/mol. The molecule has 1 aliphatic heterocycles. The fraction of sp³-hybridized carbons (Fsp3) is 0.789. The van der Waals surface area contributed by atoms with Gasteiger partial charge in [-0.05, 0) is 12.3 Å². The van der Waals surface area contributed by atoms with Crippen molar-refractivity contribution in [3.8, 4) is 0 Å². The Morgan fingerprint density at radius 2 is 1.82 bits per heavy atom. The largest absolute Gasteiger partial charge is 0.375 e. The van der Waals surface area contributed by atoms with E-state index in [1.54, 1.807) is 0 Å². The third kappa shape index (κ3) is 5.92. The van der Waals surface area contributed by atoms with Crippen molar-refractivity contribution in [2.75, 3.05) is 33.4 Å². The van der Waals surface area contributed by atoms with Gasteiger partial charge < -0.3 is 25.6 Å². The van der Waals surface area contributed by atoms with E-state index in [4.69, 9.17) is 10.5 Å². The van der Waals surface area contributed by atoms with E-state index in [-0.39, 0.29) is 31.5 Å². The normalized spacial score (nSPS) is 21.9. The molecule has 1 saturated carbocycles. The minimum absolute atomic E-state index is 0.0888. The van der Waals surface area contributed by atoms with Gasteiger partial charge in [-0.3, -0.25) is 19.2 Å². The monoisotopic (exact) mass is 396 g/mol. The quantitative estimate of drug-likeness (QED) is 0.608. The number of ether oxygens (including phenoxy) is 1. The second-order valence-electron chi connectivity index (χ2n) is 7.70. The molecule has 0 aromatic heterocycles. The number of carbonyl (C=O) groups excluding carboxylic acids is 4. The highest BCUT2D eigenvalue weighted by molar-refractivity contribution is 5.92. The van der Waals surface area contributed by atoms with Crippen LogP contribution >= 0.6 is 0 Å². The van der Waals surface area contributed by atoms with Crippen molar-refractivity contribution >= 4 is 23.6 Å². The van der Waals surface area contributed by atoms with Gasteiger partial charge in [-0.2, -0.15) is 0 Å². The van der Waals surface area contributed by atoms with Gasteiger partial charge in [-0.1, -0.05) is 32.1 Å². The van der Waals surface area contributed by atoms with Crippen molar-refractivity contribution in [3.63, 3.8) is 0 Å². The maximum atomic E-state index is 13.0. The molecule has 0 spiro atoms. The number of nitrogens with one attached hydrogen (secondary N) is 1. The average Bonchev–Trinajstić information content (AvgIpc) is 2.67. The molecule has 1 saturated heterocycles. The molecule has 2 atom stereocenters. The fourth-order valence-corrected chi connectivity index (χ4v) is 4.07. The summed E-state index contributed by atoms with van der Waals surface area (Å²) < 4.78 is 4.90. The molecule has 1 heterocycles. The zero-order chi connectivity index (χ0) is 20.7. The molecular formula is C19H32N4O5. The van der Waals surface area contributed by atoms with E-state index in [1.807, 2.05) is 0 Å². The Kier molecular flexibility index (Phi) is 8.22. The summed E-state index contributed by atoms with van der Waals surface area (Å²) in [7, 11) is 1.41. The molecule has 3 N–H and O–H groups in total. The Morgan fingerprint density at radius 3 is 2.39 bits per heavy atom. The number of carbonyl (C=O) groups is 4. The van der Waals surface area contributed by atoms with Crippen LogP contribution in [0.1, 0.15) is 45.4 Å². The van der Waals surface area contributed by atoms with Crippen LogP contribution in [0.25, 0.3) is 0 Å². The third-order valence-corrected chi connectivity index (χ3v) is 5.67. The predicted molar refractivity (Wildman–Crippen MR) is 102 cm³/mol. The first-order valence-electron chi connectivity index (χ1n) is 9.97. The van der Waals surface area contributed by atoms with Crippen molar-refractivity contribution < 1.29 is 23.9 Å². The summed E-state index contributed by atoms with van der Waals surface area (Å²) >= 11 is 0. The molecule has 4 amide bonds. The van der Waals surface area contributed by atoms with Gasteiger partial charge in [0.25, 0.3) is 0 Å². The van der Waals surface area contributed by atoms with Crippen LogP contribution in [0, 0.1) is 5.92 Å². The molecule has 2 fully saturated rings. The number of primary amides is 1. The second kappa shape index (κ2) is 10.4. The van der Waals surface area contributed by atoms with E-state index >= 15 is 0 Å². The van der Waals surface area contributed by atoms with E-state index in [1.165, 1.54) is 30.3 Å². The van der Waals surface area contributed by atoms with Crippen LogP contribution in [0.5, 0.6) is 0 Å². The molecule has 28 heavy (non-hydrogen) atoms. The number of nitrogens with zero attached hydrogens (tertiary/aromatic N) is 2. The zero-order valence-corrected chi connectivity index (χ0v) is 16.8. The summed E-state index contributed by atoms with van der Waals surface area (Å²) in [6, 6.07) is -1.64. The molecule has 0 bridgehead atoms. The summed E-state index contributed by atoms with van der Waals surface area (Å²) in [4.78, 5) is 51.9. The Hall–Kier alpha value is -2.16. The minimum atomic E-state index is -0.867. The van der Waals surface area contributed by atoms with E-state index in [2.05, 4.69) is 5.32 Å². The number of amides is 4. The van der Waals surface area contributed by atoms with Gasteiger partial charge in [0.05, 0.1) is 6.54 Å². The van der Waals surface area contributed by atoms with Crippen LogP contribution < -0.4 is 11.1 Å². The molecule has 9 nitrogen and oxygen atoms in total. The van der Waals surface area contributed by atoms with Crippen LogP contribution in [-0.4, -0.2) is 78.9 Å². The number of hydrogen-bond acceptors (Lipinski definition) is 5. The van der Waals surface area contributed by atoms with Crippen LogP contribution in [-0.2, 0) is 23.9 Å². The van der Waals surface area contributed by atoms with Gasteiger partial charge >= 0.3 is 0 Å². The summed E-state index contributed by atoms with van der Waals surface area (Å²) in [5, 5.41) is 2.73. The second-order valence-corrected chi connectivity index (χ2v) is 7.70. The van der Waals surface area contributed by atoms with E-state index in [9.17, 15) is 19.2 Å². The third-order valence-electron chi connectivity index (χ3n) is 5.67. The summed E-state index contributed by atoms with van der Waals surface area (Å²) in [6.45, 7) is 1.97. The summed E-state index contributed by atoms with van der Waals surface area (Å²) in [5.74, 6) is -1.17. The highest BCUT2D eigenvalue weighted by Crippen LogP contribution is 2.27. The Labute approximate surface area is 165 Å². The number of methoxy groups -OCH3 is 1. The lowest BCUT2D eigenvalue weighted by Crippen LogP contribution is -2.63. The van der Waals surface area contributed by atoms with Crippen LogP contribution in [0.4, 0.5) is 0 Å². The van der Waals surface area contributed by atoms with E-state index in [0.717, 1.165) is 25.7 Å². The summed E-state index contributed by atoms with van der Waals surface area (Å²) in [6.07, 6.45) is 6.01. The topological polar surface area (TPSA) is 122 Å². The number of piperazine rings is 1. The molecule has 0 aromatic carbocycles. The molecule has 158 valence electrons. The smallest absolute Gasteiger partial charge is 0.249 e. The molecule has 2 rings (SSSR count). The average molecular weight is 396 g/mol. The Bertz CT molecular complexity index is 591. The highest BCUT2D eigenvalue weighted by Gasteiger charge is 2.37. The van der Waals surface area contributed by atoms with Crippen molar-refractivity contribution in [3.05, 3.63) is 0 Å². The Morgan fingerprint density at radius 1 is 1.14 bits per heavy atom. The van der Waals surface area contributed by atoms with E-state index < -0.39 is 23.9 Å². The molecule has 1 aliphatic carbocycles. The van der Waals surface area contributed by atoms with Crippen molar-refractivity contribution in [1.82, 2.24) is 15.1 Å². The SMILES string of the molecule is COCC(=O)N1CCN(C(C)=O)CC1C(=O)NC(CC1CCCCC1)C(N)=O. The van der Waals surface area contributed by atoms with Crippen molar-refractivity contribution in [2.45, 2.75) is 57.5 Å². The molecule has 2 aliphatic rings. The lowest BCUT2D eigenvalue weighted by atomic mass is 9.84. The van der Waals surface area contributed by atoms with Gasteiger partial charge in [-0.15, -0.1) is 0 Å². The van der Waals surface area contributed by atoms with Gasteiger partial charge in [0, 0.05) is 27.1 Å². The lowest BCUT2D eigenvalue weighted by Gasteiger charge is -2.40. The summed E-state index contributed by atoms with van der Waals surface area (Å²) in [5.41, 5.74) is 5.53. The number of nitrogens with two attached hydrogens (primary N) is 1. The fourth-order valence-electron chi connectivity index (χ4n) is 4.07. The van der Waals surface area contributed by atoms with Gasteiger partial charge in [0.15, 0.2) is 0 Å². The zero-order valence-electron chi connectivity index (χ0n) is 16.8. The number of rotatable bonds is 7. The standard InChI is InChI=1S/C19H32N4O5/c1-13(24)22-8-9-23(17(25)12-28-2)16(11-22)19(27)21-15(18(20)26)10-14-6-4-3-5-7-14/h14-16H,3-12H2,1-2H3,(H2,20,26)(H,21,27). The maximum absolute atomic E-state index is 13.0. The van der Waals surface area contributed by atoms with Crippen molar-refractivity contribution in [1.29, 1.82) is 0 Å². The predicted octanol–water partition coefficient (Wildman–Crippen LogP) is -0.367. The van der Waals surface area contributed by atoms with Crippen LogP contribution in [0.3, 0.4) is 0 Å². The van der Waals surface area contributed by atoms with Gasteiger partial charge in [0.1, 0.15) is 18.7 Å². The molecule has 2 unspecified atom stereocenters. The lowest BCUT2D eigenvalue weighted by molar-refractivity contribution is -0.150. The van der Waals surface area contributed by atoms with Crippen molar-refractivity contribution in [2.24, 2.45) is 11.7 Å². The first kappa shape index (κ1) is 22.1. The molecule has 0 radical (unpaired) electrons. The molecule has 9 heteroatoms. The van der Waals surface area contributed by atoms with Crippen LogP contribution in [0.15, 0.2) is 0 Å². The molecule has 0 aromatic rings. The first-order chi connectivity index (χ1) is 13.3. The maximum Gasteiger partial charge on any atom is 0.249 e. The minimum Gasteiger partial charge on any atom is -0.375 e. The van der Waals surface area contributed by atoms with Gasteiger partial charge in [0.2, 0.25) is 23.6 Å². The van der Waals surface area contributed by atoms with Gasteiger partial charge in [-0.25, -0.2) is 0 Å². The highest BCUT2D eigenvalue weighted by atomic mass is 16.5. The Balaban J connectivity index is 2.08. The first-order valence-corrected chi connectivity index (χ1v) is 9.97.